The lowest BCUT2D eigenvalue weighted by Gasteiger charge is -2.09. The molecule has 0 aliphatic carbocycles. The molecule has 2 aromatic carbocycles. The molecule has 0 aromatic heterocycles. The van der Waals surface area contributed by atoms with E-state index in [-0.39, 0.29) is 22.6 Å². The highest BCUT2D eigenvalue weighted by Gasteiger charge is 2.17. The third-order valence-electron chi connectivity index (χ3n) is 2.84. The van der Waals surface area contributed by atoms with Crippen LogP contribution in [0, 0.1) is 0 Å². The molecule has 0 unspecified atom stereocenters. The number of carbonyl (C=O) groups excluding carboxylic acids is 1. The molecule has 0 aliphatic heterocycles. The van der Waals surface area contributed by atoms with Gasteiger partial charge in [0.2, 0.25) is 0 Å². The van der Waals surface area contributed by atoms with E-state index < -0.39 is 5.78 Å². The van der Waals surface area contributed by atoms with Gasteiger partial charge in [-0.25, -0.2) is 0 Å². The normalized spacial score (nSPS) is 10.2. The van der Waals surface area contributed by atoms with E-state index in [0.29, 0.717) is 12.4 Å². The second kappa shape index (κ2) is 6.10. The smallest absolute Gasteiger partial charge is 0.200 e. The van der Waals surface area contributed by atoms with Crippen LogP contribution in [0.25, 0.3) is 0 Å². The third kappa shape index (κ3) is 2.91. The number of phenolic OH excluding ortho intramolecular Hbond substituents is 2. The molecule has 0 amide bonds. The average Bonchev–Trinajstić information content (AvgIpc) is 2.45. The highest BCUT2D eigenvalue weighted by Crippen LogP contribution is 2.28. The zero-order valence-corrected chi connectivity index (χ0v) is 11.2. The summed E-state index contributed by atoms with van der Waals surface area (Å²) in [5.74, 6) is -0.184. The Morgan fingerprint density at radius 1 is 1.05 bits per heavy atom. The van der Waals surface area contributed by atoms with Crippen LogP contribution in [0.2, 0.25) is 0 Å². The molecule has 2 rings (SSSR count). The Bertz CT molecular complexity index is 620. The lowest BCUT2D eigenvalue weighted by atomic mass is 10.0. The molecule has 0 heterocycles. The molecule has 104 valence electrons. The zero-order valence-electron chi connectivity index (χ0n) is 11.2. The molecule has 0 saturated heterocycles. The summed E-state index contributed by atoms with van der Waals surface area (Å²) >= 11 is 0. The quantitative estimate of drug-likeness (QED) is 0.821. The van der Waals surface area contributed by atoms with Crippen molar-refractivity contribution in [2.24, 2.45) is 0 Å². The molecule has 2 N–H and O–H groups in total. The van der Waals surface area contributed by atoms with Crippen molar-refractivity contribution in [3.05, 3.63) is 53.6 Å². The second-order valence-corrected chi connectivity index (χ2v) is 4.37. The van der Waals surface area contributed by atoms with E-state index in [1.165, 1.54) is 24.3 Å². The highest BCUT2D eigenvalue weighted by atomic mass is 16.5. The lowest BCUT2D eigenvalue weighted by molar-refractivity contribution is 0.103. The summed E-state index contributed by atoms with van der Waals surface area (Å²) in [6, 6.07) is 10.8. The van der Waals surface area contributed by atoms with E-state index in [2.05, 4.69) is 0 Å². The van der Waals surface area contributed by atoms with Crippen LogP contribution in [0.5, 0.6) is 17.2 Å². The van der Waals surface area contributed by atoms with Crippen molar-refractivity contribution in [3.63, 3.8) is 0 Å². The lowest BCUT2D eigenvalue weighted by Crippen LogP contribution is -2.03. The standard InChI is InChI=1S/C16H16O4/c1-2-9-20-11-7-8-13(15(18)10-11)16(19)12-5-3-4-6-14(12)17/h3-8,10,17-18H,2,9H2,1H3. The summed E-state index contributed by atoms with van der Waals surface area (Å²) in [5.41, 5.74) is 0.292. The maximum Gasteiger partial charge on any atom is 0.200 e. The van der Waals surface area contributed by atoms with Crippen molar-refractivity contribution < 1.29 is 19.7 Å². The molecule has 4 nitrogen and oxygen atoms in total. The first kappa shape index (κ1) is 13.9. The molecule has 0 spiro atoms. The number of ether oxygens (including phenoxy) is 1. The third-order valence-corrected chi connectivity index (χ3v) is 2.84. The molecule has 4 heteroatoms. The Morgan fingerprint density at radius 2 is 1.75 bits per heavy atom. The van der Waals surface area contributed by atoms with Crippen molar-refractivity contribution in [1.29, 1.82) is 0 Å². The van der Waals surface area contributed by atoms with Crippen molar-refractivity contribution in [1.82, 2.24) is 0 Å². The van der Waals surface area contributed by atoms with Crippen LogP contribution in [0.15, 0.2) is 42.5 Å². The first-order chi connectivity index (χ1) is 9.63. The molecule has 2 aromatic rings. The van der Waals surface area contributed by atoms with Crippen LogP contribution in [0.1, 0.15) is 29.3 Å². The summed E-state index contributed by atoms with van der Waals surface area (Å²) in [4.78, 5) is 12.3. The van der Waals surface area contributed by atoms with Gasteiger partial charge in [-0.3, -0.25) is 4.79 Å². The highest BCUT2D eigenvalue weighted by molar-refractivity contribution is 6.12. The van der Waals surface area contributed by atoms with Gasteiger partial charge in [0.15, 0.2) is 5.78 Å². The maximum absolute atomic E-state index is 12.3. The SMILES string of the molecule is CCCOc1ccc(C(=O)c2ccccc2O)c(O)c1. The van der Waals surface area contributed by atoms with E-state index in [4.69, 9.17) is 4.74 Å². The van der Waals surface area contributed by atoms with E-state index in [0.717, 1.165) is 6.42 Å². The number of phenols is 2. The van der Waals surface area contributed by atoms with Gasteiger partial charge in [0.25, 0.3) is 0 Å². The van der Waals surface area contributed by atoms with Crippen molar-refractivity contribution in [2.75, 3.05) is 6.61 Å². The fraction of sp³-hybridized carbons (Fsp3) is 0.188. The first-order valence-corrected chi connectivity index (χ1v) is 6.42. The summed E-state index contributed by atoms with van der Waals surface area (Å²) in [6.45, 7) is 2.53. The van der Waals surface area contributed by atoms with Gasteiger partial charge < -0.3 is 14.9 Å². The molecule has 0 fully saturated rings. The summed E-state index contributed by atoms with van der Waals surface area (Å²) in [6.07, 6.45) is 0.860. The number of ketones is 1. The maximum atomic E-state index is 12.3. The number of rotatable bonds is 5. The summed E-state index contributed by atoms with van der Waals surface area (Å²) in [7, 11) is 0. The number of carbonyl (C=O) groups is 1. The average molecular weight is 272 g/mol. The van der Waals surface area contributed by atoms with Gasteiger partial charge in [-0.1, -0.05) is 19.1 Å². The fourth-order valence-corrected chi connectivity index (χ4v) is 1.82. The minimum absolute atomic E-state index is 0.108. The molecule has 0 radical (unpaired) electrons. The second-order valence-electron chi connectivity index (χ2n) is 4.37. The van der Waals surface area contributed by atoms with Crippen LogP contribution in [0.4, 0.5) is 0 Å². The van der Waals surface area contributed by atoms with Gasteiger partial charge >= 0.3 is 0 Å². The predicted octanol–water partition coefficient (Wildman–Crippen LogP) is 3.12. The Labute approximate surface area is 117 Å². The fourth-order valence-electron chi connectivity index (χ4n) is 1.82. The number of para-hydroxylation sites is 1. The zero-order chi connectivity index (χ0) is 14.5. The van der Waals surface area contributed by atoms with E-state index in [9.17, 15) is 15.0 Å². The van der Waals surface area contributed by atoms with Gasteiger partial charge in [0.05, 0.1) is 17.7 Å². The molecule has 0 atom stereocenters. The molecular weight excluding hydrogens is 256 g/mol. The van der Waals surface area contributed by atoms with Crippen LogP contribution >= 0.6 is 0 Å². The predicted molar refractivity (Wildman–Crippen MR) is 75.4 cm³/mol. The monoisotopic (exact) mass is 272 g/mol. The Morgan fingerprint density at radius 3 is 2.40 bits per heavy atom. The molecule has 20 heavy (non-hydrogen) atoms. The Hall–Kier alpha value is -2.49. The number of aromatic hydroxyl groups is 2. The van der Waals surface area contributed by atoms with Crippen molar-refractivity contribution in [3.8, 4) is 17.2 Å². The van der Waals surface area contributed by atoms with Crippen LogP contribution in [0.3, 0.4) is 0 Å². The van der Waals surface area contributed by atoms with Crippen LogP contribution in [-0.2, 0) is 0 Å². The van der Waals surface area contributed by atoms with E-state index >= 15 is 0 Å². The van der Waals surface area contributed by atoms with Gasteiger partial charge in [-0.2, -0.15) is 0 Å². The summed E-state index contributed by atoms with van der Waals surface area (Å²) < 4.78 is 5.38. The van der Waals surface area contributed by atoms with Crippen molar-refractivity contribution >= 4 is 5.78 Å². The van der Waals surface area contributed by atoms with E-state index in [1.807, 2.05) is 6.92 Å². The number of hydrogen-bond acceptors (Lipinski definition) is 4. The van der Waals surface area contributed by atoms with E-state index in [1.54, 1.807) is 18.2 Å². The van der Waals surface area contributed by atoms with Crippen LogP contribution in [-0.4, -0.2) is 22.6 Å². The minimum Gasteiger partial charge on any atom is -0.507 e. The van der Waals surface area contributed by atoms with Crippen molar-refractivity contribution in [2.45, 2.75) is 13.3 Å². The topological polar surface area (TPSA) is 66.8 Å². The number of hydrogen-bond donors (Lipinski definition) is 2. The van der Waals surface area contributed by atoms with Gasteiger partial charge in [0.1, 0.15) is 17.2 Å². The molecule has 0 bridgehead atoms. The molecular formula is C16H16O4. The first-order valence-electron chi connectivity index (χ1n) is 6.42. The largest absolute Gasteiger partial charge is 0.507 e. The van der Waals surface area contributed by atoms with Crippen LogP contribution < -0.4 is 4.74 Å². The minimum atomic E-state index is -0.428. The molecule has 0 aliphatic rings. The Balaban J connectivity index is 2.29. The van der Waals surface area contributed by atoms with Gasteiger partial charge in [0, 0.05) is 6.07 Å². The van der Waals surface area contributed by atoms with Gasteiger partial charge in [-0.05, 0) is 30.7 Å². The summed E-state index contributed by atoms with van der Waals surface area (Å²) in [5, 5.41) is 19.6. The Kier molecular flexibility index (Phi) is 4.25. The van der Waals surface area contributed by atoms with Gasteiger partial charge in [-0.15, -0.1) is 0 Å². The molecule has 0 saturated carbocycles. The number of benzene rings is 2.